The predicted molar refractivity (Wildman–Crippen MR) is 87.2 cm³/mol. The molecule has 1 aliphatic rings. The van der Waals surface area contributed by atoms with E-state index in [4.69, 9.17) is 4.52 Å². The van der Waals surface area contributed by atoms with Crippen molar-refractivity contribution in [3.63, 3.8) is 0 Å². The SMILES string of the molecule is Cc1nn(C)c(C)c1CCc1nc(CN2CCN(C)CC2)no1. The monoisotopic (exact) mass is 318 g/mol. The van der Waals surface area contributed by atoms with Crippen molar-refractivity contribution in [2.24, 2.45) is 7.05 Å². The van der Waals surface area contributed by atoms with Crippen molar-refractivity contribution in [1.29, 1.82) is 0 Å². The molecular weight excluding hydrogens is 292 g/mol. The Balaban J connectivity index is 1.55. The standard InChI is InChI=1S/C16H26N6O/c1-12-14(13(2)21(4)18-12)5-6-16-17-15(19-23-16)11-22-9-7-20(3)8-10-22/h5-11H2,1-4H3. The minimum absolute atomic E-state index is 0.719. The Hall–Kier alpha value is -1.73. The van der Waals surface area contributed by atoms with Gasteiger partial charge in [-0.05, 0) is 32.9 Å². The Morgan fingerprint density at radius 3 is 2.43 bits per heavy atom. The van der Waals surface area contributed by atoms with Gasteiger partial charge in [-0.2, -0.15) is 10.1 Å². The van der Waals surface area contributed by atoms with E-state index in [2.05, 4.69) is 45.9 Å². The lowest BCUT2D eigenvalue weighted by atomic mass is 10.1. The highest BCUT2D eigenvalue weighted by atomic mass is 16.5. The van der Waals surface area contributed by atoms with E-state index in [0.29, 0.717) is 0 Å². The molecule has 3 rings (SSSR count). The van der Waals surface area contributed by atoms with Crippen LogP contribution < -0.4 is 0 Å². The van der Waals surface area contributed by atoms with Crippen LogP contribution in [0.3, 0.4) is 0 Å². The number of nitrogens with zero attached hydrogens (tertiary/aromatic N) is 6. The Labute approximate surface area is 137 Å². The normalized spacial score (nSPS) is 17.0. The van der Waals surface area contributed by atoms with E-state index in [1.807, 2.05) is 11.7 Å². The van der Waals surface area contributed by atoms with Crippen molar-refractivity contribution < 1.29 is 4.52 Å². The van der Waals surface area contributed by atoms with Crippen molar-refractivity contribution in [3.05, 3.63) is 28.7 Å². The summed E-state index contributed by atoms with van der Waals surface area (Å²) < 4.78 is 7.34. The van der Waals surface area contributed by atoms with E-state index >= 15 is 0 Å². The molecule has 0 unspecified atom stereocenters. The molecule has 0 atom stereocenters. The molecule has 0 aromatic carbocycles. The van der Waals surface area contributed by atoms with Gasteiger partial charge in [-0.3, -0.25) is 9.58 Å². The van der Waals surface area contributed by atoms with Crippen LogP contribution in [-0.2, 0) is 26.4 Å². The van der Waals surface area contributed by atoms with Crippen LogP contribution in [0, 0.1) is 13.8 Å². The molecule has 0 aliphatic carbocycles. The van der Waals surface area contributed by atoms with Crippen LogP contribution in [-0.4, -0.2) is 62.9 Å². The third-order valence-corrected chi connectivity index (χ3v) is 4.72. The van der Waals surface area contributed by atoms with Gasteiger partial charge in [-0.1, -0.05) is 5.16 Å². The van der Waals surface area contributed by atoms with E-state index < -0.39 is 0 Å². The van der Waals surface area contributed by atoms with Gasteiger partial charge in [0.2, 0.25) is 5.89 Å². The first kappa shape index (κ1) is 16.1. The summed E-state index contributed by atoms with van der Waals surface area (Å²) in [5.41, 5.74) is 3.58. The van der Waals surface area contributed by atoms with Crippen LogP contribution >= 0.6 is 0 Å². The number of likely N-dealkylation sites (N-methyl/N-ethyl adjacent to an activating group) is 1. The minimum Gasteiger partial charge on any atom is -0.339 e. The lowest BCUT2D eigenvalue weighted by molar-refractivity contribution is 0.144. The van der Waals surface area contributed by atoms with E-state index in [1.165, 1.54) is 11.3 Å². The Morgan fingerprint density at radius 1 is 1.04 bits per heavy atom. The molecule has 7 nitrogen and oxygen atoms in total. The summed E-state index contributed by atoms with van der Waals surface area (Å²) >= 11 is 0. The minimum atomic E-state index is 0.719. The molecule has 3 heterocycles. The second-order valence-electron chi connectivity index (χ2n) is 6.46. The Bertz CT molecular complexity index is 654. The van der Waals surface area contributed by atoms with Crippen molar-refractivity contribution in [1.82, 2.24) is 29.7 Å². The summed E-state index contributed by atoms with van der Waals surface area (Å²) in [4.78, 5) is 9.27. The smallest absolute Gasteiger partial charge is 0.227 e. The molecule has 2 aromatic rings. The highest BCUT2D eigenvalue weighted by molar-refractivity contribution is 5.24. The molecule has 0 spiro atoms. The van der Waals surface area contributed by atoms with Gasteiger partial charge in [0.25, 0.3) is 0 Å². The fraction of sp³-hybridized carbons (Fsp3) is 0.688. The number of aryl methyl sites for hydroxylation is 3. The molecule has 0 saturated carbocycles. The van der Waals surface area contributed by atoms with E-state index in [-0.39, 0.29) is 0 Å². The first-order valence-corrected chi connectivity index (χ1v) is 8.24. The molecule has 7 heteroatoms. The molecule has 0 amide bonds. The number of rotatable bonds is 5. The highest BCUT2D eigenvalue weighted by Crippen LogP contribution is 2.15. The van der Waals surface area contributed by atoms with E-state index in [9.17, 15) is 0 Å². The molecule has 1 aliphatic heterocycles. The van der Waals surface area contributed by atoms with Crippen molar-refractivity contribution in [2.45, 2.75) is 33.2 Å². The molecule has 0 radical (unpaired) electrons. The summed E-state index contributed by atoms with van der Waals surface area (Å²) in [6, 6.07) is 0. The summed E-state index contributed by atoms with van der Waals surface area (Å²) in [7, 11) is 4.14. The average molecular weight is 318 g/mol. The first-order valence-electron chi connectivity index (χ1n) is 8.24. The Kier molecular flexibility index (Phi) is 4.77. The summed E-state index contributed by atoms with van der Waals surface area (Å²) in [5.74, 6) is 1.51. The van der Waals surface area contributed by atoms with Gasteiger partial charge in [-0.25, -0.2) is 0 Å². The topological polar surface area (TPSA) is 63.2 Å². The number of aromatic nitrogens is 4. The molecule has 23 heavy (non-hydrogen) atoms. The van der Waals surface area contributed by atoms with Crippen LogP contribution in [0.2, 0.25) is 0 Å². The van der Waals surface area contributed by atoms with Crippen LogP contribution in [0.5, 0.6) is 0 Å². The van der Waals surface area contributed by atoms with Gasteiger partial charge < -0.3 is 9.42 Å². The van der Waals surface area contributed by atoms with Crippen LogP contribution in [0.25, 0.3) is 0 Å². The summed E-state index contributed by atoms with van der Waals surface area (Å²) in [6.07, 6.45) is 1.66. The summed E-state index contributed by atoms with van der Waals surface area (Å²) in [5, 5.41) is 8.58. The van der Waals surface area contributed by atoms with Crippen LogP contribution in [0.1, 0.15) is 28.7 Å². The van der Waals surface area contributed by atoms with Gasteiger partial charge in [0.15, 0.2) is 5.82 Å². The van der Waals surface area contributed by atoms with E-state index in [0.717, 1.165) is 63.0 Å². The maximum atomic E-state index is 5.41. The quantitative estimate of drug-likeness (QED) is 0.818. The molecule has 126 valence electrons. The zero-order valence-corrected chi connectivity index (χ0v) is 14.5. The van der Waals surface area contributed by atoms with Crippen LogP contribution in [0.4, 0.5) is 0 Å². The molecule has 1 saturated heterocycles. The Morgan fingerprint density at radius 2 is 1.78 bits per heavy atom. The van der Waals surface area contributed by atoms with Gasteiger partial charge >= 0.3 is 0 Å². The van der Waals surface area contributed by atoms with Crippen molar-refractivity contribution in [2.75, 3.05) is 33.2 Å². The fourth-order valence-electron chi connectivity index (χ4n) is 3.07. The van der Waals surface area contributed by atoms with E-state index in [1.54, 1.807) is 0 Å². The zero-order chi connectivity index (χ0) is 16.4. The molecule has 2 aromatic heterocycles. The van der Waals surface area contributed by atoms with Gasteiger partial charge in [-0.15, -0.1) is 0 Å². The van der Waals surface area contributed by atoms with Gasteiger partial charge in [0.1, 0.15) is 0 Å². The predicted octanol–water partition coefficient (Wildman–Crippen LogP) is 0.953. The van der Waals surface area contributed by atoms with Crippen LogP contribution in [0.15, 0.2) is 4.52 Å². The fourth-order valence-corrected chi connectivity index (χ4v) is 3.07. The third kappa shape index (κ3) is 3.79. The number of hydrogen-bond donors (Lipinski definition) is 0. The maximum absolute atomic E-state index is 5.41. The molecular formula is C16H26N6O. The second-order valence-corrected chi connectivity index (χ2v) is 6.46. The number of hydrogen-bond acceptors (Lipinski definition) is 6. The summed E-state index contributed by atoms with van der Waals surface area (Å²) in [6.45, 7) is 9.26. The highest BCUT2D eigenvalue weighted by Gasteiger charge is 2.17. The van der Waals surface area contributed by atoms with Gasteiger partial charge in [0, 0.05) is 45.3 Å². The maximum Gasteiger partial charge on any atom is 0.227 e. The lowest BCUT2D eigenvalue weighted by Crippen LogP contribution is -2.44. The third-order valence-electron chi connectivity index (χ3n) is 4.72. The lowest BCUT2D eigenvalue weighted by Gasteiger charge is -2.31. The molecule has 0 bridgehead atoms. The zero-order valence-electron chi connectivity index (χ0n) is 14.5. The van der Waals surface area contributed by atoms with Gasteiger partial charge in [0.05, 0.1) is 12.2 Å². The van der Waals surface area contributed by atoms with Crippen molar-refractivity contribution >= 4 is 0 Å². The average Bonchev–Trinajstić information content (AvgIpc) is 3.05. The number of piperazine rings is 1. The largest absolute Gasteiger partial charge is 0.339 e. The van der Waals surface area contributed by atoms with Crippen molar-refractivity contribution in [3.8, 4) is 0 Å². The first-order chi connectivity index (χ1) is 11.0. The molecule has 1 fully saturated rings. The second kappa shape index (κ2) is 6.80. The molecule has 0 N–H and O–H groups in total.